The number of hydrazine groups is 1. The molecule has 0 radical (unpaired) electrons. The van der Waals surface area contributed by atoms with Crippen molar-refractivity contribution >= 4 is 11.5 Å². The van der Waals surface area contributed by atoms with Crippen molar-refractivity contribution in [1.29, 1.82) is 0 Å². The van der Waals surface area contributed by atoms with Crippen LogP contribution in [0.3, 0.4) is 0 Å². The minimum Gasteiger partial charge on any atom is -0.491 e. The van der Waals surface area contributed by atoms with Crippen molar-refractivity contribution in [2.75, 3.05) is 12.0 Å². The van der Waals surface area contributed by atoms with E-state index in [1.807, 2.05) is 17.5 Å². The molecule has 98 valence electrons. The number of hydrogen-bond donors (Lipinski definition) is 2. The molecule has 0 aliphatic rings. The van der Waals surface area contributed by atoms with Crippen LogP contribution in [-0.4, -0.2) is 30.8 Å². The zero-order valence-electron chi connectivity index (χ0n) is 10.3. The maximum Gasteiger partial charge on any atom is 0.199 e. The van der Waals surface area contributed by atoms with Crippen molar-refractivity contribution in [3.63, 3.8) is 0 Å². The smallest absolute Gasteiger partial charge is 0.199 e. The Labute approximate surface area is 108 Å². The molecule has 8 nitrogen and oxygen atoms in total. The van der Waals surface area contributed by atoms with Crippen LogP contribution in [0.5, 0.6) is 5.75 Å². The van der Waals surface area contributed by atoms with E-state index in [1.165, 1.54) is 0 Å². The number of anilines is 1. The maximum atomic E-state index is 5.41. The Balaban J connectivity index is 2.13. The van der Waals surface area contributed by atoms with Crippen LogP contribution < -0.4 is 16.0 Å². The number of nitrogen functional groups attached to an aromatic ring is 1. The topological polar surface area (TPSA) is 95.3 Å². The fraction of sp³-hybridized carbons (Fsp3) is 0.182. The summed E-state index contributed by atoms with van der Waals surface area (Å²) in [7, 11) is 0. The summed E-state index contributed by atoms with van der Waals surface area (Å²) in [6, 6.07) is 0. The molecule has 0 amide bonds. The number of aromatic nitrogens is 5. The molecule has 0 fully saturated rings. The number of hydrogen-bond acceptors (Lipinski definition) is 6. The number of nitrogens with one attached hydrogen (secondary N) is 1. The number of imidazole rings is 1. The van der Waals surface area contributed by atoms with E-state index in [0.717, 1.165) is 0 Å². The third-order valence-corrected chi connectivity index (χ3v) is 2.59. The molecule has 0 aliphatic heterocycles. The third kappa shape index (κ3) is 1.97. The van der Waals surface area contributed by atoms with Gasteiger partial charge in [-0.25, -0.2) is 20.5 Å². The van der Waals surface area contributed by atoms with Gasteiger partial charge in [-0.05, 0) is 6.92 Å². The third-order valence-electron chi connectivity index (χ3n) is 2.59. The van der Waals surface area contributed by atoms with E-state index in [2.05, 4.69) is 20.5 Å². The molecule has 0 aromatic carbocycles. The summed E-state index contributed by atoms with van der Waals surface area (Å²) in [6.07, 6.45) is 8.63. The average molecular weight is 259 g/mol. The lowest BCUT2D eigenvalue weighted by molar-refractivity contribution is 0.340. The lowest BCUT2D eigenvalue weighted by Gasteiger charge is -2.06. The van der Waals surface area contributed by atoms with Crippen LogP contribution in [0.4, 0.5) is 5.82 Å². The highest BCUT2D eigenvalue weighted by molar-refractivity contribution is 5.57. The van der Waals surface area contributed by atoms with Crippen molar-refractivity contribution in [3.8, 4) is 11.6 Å². The Morgan fingerprint density at radius 2 is 2.32 bits per heavy atom. The van der Waals surface area contributed by atoms with Gasteiger partial charge in [0.15, 0.2) is 23.0 Å². The molecule has 0 bridgehead atoms. The summed E-state index contributed by atoms with van der Waals surface area (Å²) < 4.78 is 8.80. The first-order valence-corrected chi connectivity index (χ1v) is 5.80. The van der Waals surface area contributed by atoms with E-state index < -0.39 is 0 Å². The Morgan fingerprint density at radius 1 is 1.42 bits per heavy atom. The predicted molar refractivity (Wildman–Crippen MR) is 69.1 cm³/mol. The van der Waals surface area contributed by atoms with Gasteiger partial charge in [0, 0.05) is 12.4 Å². The van der Waals surface area contributed by atoms with Crippen LogP contribution in [0.15, 0.2) is 31.0 Å². The molecule has 3 rings (SSSR count). The second kappa shape index (κ2) is 4.58. The quantitative estimate of drug-likeness (QED) is 0.526. The largest absolute Gasteiger partial charge is 0.491 e. The monoisotopic (exact) mass is 259 g/mol. The van der Waals surface area contributed by atoms with Crippen molar-refractivity contribution < 1.29 is 4.74 Å². The highest BCUT2D eigenvalue weighted by Crippen LogP contribution is 2.17. The minimum absolute atomic E-state index is 0.522. The summed E-state index contributed by atoms with van der Waals surface area (Å²) in [5.41, 5.74) is 3.20. The first-order valence-electron chi connectivity index (χ1n) is 5.80. The molecule has 3 aromatic heterocycles. The van der Waals surface area contributed by atoms with Gasteiger partial charge in [0.25, 0.3) is 0 Å². The zero-order chi connectivity index (χ0) is 13.2. The Bertz CT molecular complexity index is 702. The van der Waals surface area contributed by atoms with Crippen LogP contribution in [-0.2, 0) is 0 Å². The summed E-state index contributed by atoms with van der Waals surface area (Å²) in [5.74, 6) is 7.19. The Kier molecular flexibility index (Phi) is 2.76. The van der Waals surface area contributed by atoms with Crippen molar-refractivity contribution in [2.45, 2.75) is 6.92 Å². The first kappa shape index (κ1) is 11.5. The molecule has 8 heteroatoms. The Hall–Kier alpha value is -2.61. The molecule has 0 unspecified atom stereocenters. The van der Waals surface area contributed by atoms with Gasteiger partial charge in [0.2, 0.25) is 0 Å². The van der Waals surface area contributed by atoms with Gasteiger partial charge in [0.1, 0.15) is 0 Å². The Morgan fingerprint density at radius 3 is 3.11 bits per heavy atom. The molecular weight excluding hydrogens is 246 g/mol. The SMILES string of the molecule is CCOc1cnn(-c2nc(NN)cn3ccnc23)c1. The van der Waals surface area contributed by atoms with Gasteiger partial charge in [-0.3, -0.25) is 0 Å². The lowest BCUT2D eigenvalue weighted by Crippen LogP contribution is -2.12. The van der Waals surface area contributed by atoms with Crippen molar-refractivity contribution in [3.05, 3.63) is 31.0 Å². The van der Waals surface area contributed by atoms with Crippen molar-refractivity contribution in [1.82, 2.24) is 24.1 Å². The van der Waals surface area contributed by atoms with Gasteiger partial charge < -0.3 is 14.6 Å². The molecule has 0 saturated carbocycles. The number of nitrogens with zero attached hydrogens (tertiary/aromatic N) is 5. The molecule has 3 aromatic rings. The predicted octanol–water partition coefficient (Wildman–Crippen LogP) is 0.599. The molecule has 0 saturated heterocycles. The van der Waals surface area contributed by atoms with Gasteiger partial charge in [0.05, 0.1) is 25.2 Å². The van der Waals surface area contributed by atoms with Crippen LogP contribution in [0.2, 0.25) is 0 Å². The number of fused-ring (bicyclic) bond motifs is 1. The number of ether oxygens (including phenoxy) is 1. The van der Waals surface area contributed by atoms with Crippen LogP contribution in [0, 0.1) is 0 Å². The van der Waals surface area contributed by atoms with Gasteiger partial charge >= 0.3 is 0 Å². The summed E-state index contributed by atoms with van der Waals surface area (Å²) in [4.78, 5) is 8.62. The summed E-state index contributed by atoms with van der Waals surface area (Å²) in [5, 5.41) is 4.22. The van der Waals surface area contributed by atoms with E-state index in [4.69, 9.17) is 10.6 Å². The average Bonchev–Trinajstić information content (AvgIpc) is 3.06. The normalized spacial score (nSPS) is 10.8. The van der Waals surface area contributed by atoms with Crippen LogP contribution in [0.1, 0.15) is 6.92 Å². The summed E-state index contributed by atoms with van der Waals surface area (Å²) >= 11 is 0. The van der Waals surface area contributed by atoms with Crippen LogP contribution in [0.25, 0.3) is 11.5 Å². The van der Waals surface area contributed by atoms with Crippen LogP contribution >= 0.6 is 0 Å². The van der Waals surface area contributed by atoms with Gasteiger partial charge in [-0.15, -0.1) is 0 Å². The maximum absolute atomic E-state index is 5.41. The van der Waals surface area contributed by atoms with E-state index in [0.29, 0.717) is 29.6 Å². The van der Waals surface area contributed by atoms with Crippen molar-refractivity contribution in [2.24, 2.45) is 5.84 Å². The molecular formula is C11H13N7O. The fourth-order valence-corrected chi connectivity index (χ4v) is 1.80. The fourth-order valence-electron chi connectivity index (χ4n) is 1.80. The second-order valence-electron chi connectivity index (χ2n) is 3.81. The van der Waals surface area contributed by atoms with E-state index in [1.54, 1.807) is 29.5 Å². The van der Waals surface area contributed by atoms with Gasteiger partial charge in [-0.2, -0.15) is 5.10 Å². The molecule has 3 N–H and O–H groups in total. The summed E-state index contributed by atoms with van der Waals surface area (Å²) in [6.45, 7) is 2.50. The van der Waals surface area contributed by atoms with E-state index >= 15 is 0 Å². The second-order valence-corrected chi connectivity index (χ2v) is 3.81. The lowest BCUT2D eigenvalue weighted by atomic mass is 10.5. The molecule has 0 atom stereocenters. The molecule has 0 spiro atoms. The molecule has 3 heterocycles. The standard InChI is InChI=1S/C11H13N7O/c1-2-19-8-5-14-18(6-8)11-10-13-3-4-17(10)7-9(15-11)16-12/h3-7,16H,2,12H2,1H3. The highest BCUT2D eigenvalue weighted by atomic mass is 16.5. The first-order chi connectivity index (χ1) is 9.31. The zero-order valence-corrected chi connectivity index (χ0v) is 10.3. The van der Waals surface area contributed by atoms with E-state index in [9.17, 15) is 0 Å². The molecule has 0 aliphatic carbocycles. The number of rotatable bonds is 4. The van der Waals surface area contributed by atoms with E-state index in [-0.39, 0.29) is 0 Å². The minimum atomic E-state index is 0.522. The highest BCUT2D eigenvalue weighted by Gasteiger charge is 2.11. The number of nitrogens with two attached hydrogens (primary N) is 1. The van der Waals surface area contributed by atoms with Gasteiger partial charge in [-0.1, -0.05) is 0 Å². The molecule has 19 heavy (non-hydrogen) atoms.